The molecule has 0 aliphatic carbocycles. The van der Waals surface area contributed by atoms with Gasteiger partial charge >= 0.3 is 0 Å². The molecule has 0 aliphatic rings. The van der Waals surface area contributed by atoms with Crippen molar-refractivity contribution in [2.24, 2.45) is 0 Å². The van der Waals surface area contributed by atoms with Crippen molar-refractivity contribution in [3.05, 3.63) is 34.9 Å². The highest BCUT2D eigenvalue weighted by atomic mass is 14.1. The first-order valence-corrected chi connectivity index (χ1v) is 22.9. The highest BCUT2D eigenvalue weighted by molar-refractivity contribution is 5.30. The normalized spacial score (nSPS) is 11.6. The molecule has 0 N–H and O–H groups in total. The van der Waals surface area contributed by atoms with Gasteiger partial charge in [-0.05, 0) is 48.8 Å². The van der Waals surface area contributed by atoms with E-state index in [1.807, 2.05) is 0 Å². The van der Waals surface area contributed by atoms with Gasteiger partial charge in [0.05, 0.1) is 0 Å². The van der Waals surface area contributed by atoms with Gasteiger partial charge in [0.25, 0.3) is 0 Å². The van der Waals surface area contributed by atoms with Gasteiger partial charge in [-0.15, -0.1) is 0 Å². The molecule has 0 saturated heterocycles. The zero-order valence-electron chi connectivity index (χ0n) is 33.8. The molecular formula is C48H90. The fraction of sp³-hybridized carbons (Fsp3) is 0.875. The van der Waals surface area contributed by atoms with E-state index in [-0.39, 0.29) is 0 Å². The molecule has 0 nitrogen and oxygen atoms in total. The number of benzene rings is 1. The highest BCUT2D eigenvalue weighted by Gasteiger charge is 2.03. The summed E-state index contributed by atoms with van der Waals surface area (Å²) in [6, 6.07) is 7.57. The Bertz CT molecular complexity index is 688. The topological polar surface area (TPSA) is 0 Å². The van der Waals surface area contributed by atoms with Gasteiger partial charge in [0.15, 0.2) is 0 Å². The van der Waals surface area contributed by atoms with Crippen LogP contribution in [0.4, 0.5) is 0 Å². The van der Waals surface area contributed by atoms with Crippen molar-refractivity contribution in [1.82, 2.24) is 0 Å². The molecule has 0 bridgehead atoms. The lowest BCUT2D eigenvalue weighted by Crippen LogP contribution is -1.95. The summed E-state index contributed by atoms with van der Waals surface area (Å²) in [6.07, 6.45) is 56.2. The van der Waals surface area contributed by atoms with E-state index in [2.05, 4.69) is 39.0 Å². The first-order chi connectivity index (χ1) is 23.8. The summed E-state index contributed by atoms with van der Waals surface area (Å²) in [5.41, 5.74) is 4.79. The number of rotatable bonds is 39. The molecule has 1 rings (SSSR count). The first-order valence-electron chi connectivity index (χ1n) is 22.9. The SMILES string of the molecule is CCCCCCCCCCCCCCCCCCCCc1cc(CC)cc(CCCCCCCCCCCCCCCCCCCC)c1. The largest absolute Gasteiger partial charge is 0.0654 e. The maximum atomic E-state index is 2.56. The second-order valence-corrected chi connectivity index (χ2v) is 16.0. The number of aryl methyl sites for hydroxylation is 3. The molecule has 0 heterocycles. The summed E-state index contributed by atoms with van der Waals surface area (Å²) in [4.78, 5) is 0. The van der Waals surface area contributed by atoms with Gasteiger partial charge < -0.3 is 0 Å². The van der Waals surface area contributed by atoms with Crippen LogP contribution in [0, 0.1) is 0 Å². The molecule has 0 aromatic heterocycles. The van der Waals surface area contributed by atoms with Crippen LogP contribution >= 0.6 is 0 Å². The molecule has 0 spiro atoms. The lowest BCUT2D eigenvalue weighted by Gasteiger charge is -2.10. The van der Waals surface area contributed by atoms with Crippen molar-refractivity contribution in [2.45, 2.75) is 271 Å². The van der Waals surface area contributed by atoms with E-state index in [1.165, 1.54) is 250 Å². The van der Waals surface area contributed by atoms with E-state index in [9.17, 15) is 0 Å². The smallest absolute Gasteiger partial charge is 0.0279 e. The summed E-state index contributed by atoms with van der Waals surface area (Å²) >= 11 is 0. The van der Waals surface area contributed by atoms with Gasteiger partial charge in [-0.25, -0.2) is 0 Å². The van der Waals surface area contributed by atoms with Crippen molar-refractivity contribution in [3.63, 3.8) is 0 Å². The Labute approximate surface area is 305 Å². The third-order valence-corrected chi connectivity index (χ3v) is 11.2. The minimum absolute atomic E-state index is 1.18. The number of unbranched alkanes of at least 4 members (excludes halogenated alkanes) is 34. The second kappa shape index (κ2) is 37.5. The van der Waals surface area contributed by atoms with E-state index in [1.54, 1.807) is 16.7 Å². The van der Waals surface area contributed by atoms with E-state index in [0.29, 0.717) is 0 Å². The molecule has 0 radical (unpaired) electrons. The molecule has 1 aromatic carbocycles. The van der Waals surface area contributed by atoms with Crippen molar-refractivity contribution in [1.29, 1.82) is 0 Å². The summed E-state index contributed by atoms with van der Waals surface area (Å²) in [6.45, 7) is 6.95. The molecule has 0 aliphatic heterocycles. The van der Waals surface area contributed by atoms with Crippen LogP contribution < -0.4 is 0 Å². The van der Waals surface area contributed by atoms with Crippen molar-refractivity contribution in [2.75, 3.05) is 0 Å². The van der Waals surface area contributed by atoms with E-state index >= 15 is 0 Å². The predicted octanol–water partition coefficient (Wildman–Crippen LogP) is 17.4. The third kappa shape index (κ3) is 31.2. The monoisotopic (exact) mass is 667 g/mol. The zero-order chi connectivity index (χ0) is 34.4. The van der Waals surface area contributed by atoms with Crippen LogP contribution in [0.15, 0.2) is 18.2 Å². The number of hydrogen-bond donors (Lipinski definition) is 0. The van der Waals surface area contributed by atoms with Crippen LogP contribution in [0.5, 0.6) is 0 Å². The molecule has 0 fully saturated rings. The molecule has 48 heavy (non-hydrogen) atoms. The van der Waals surface area contributed by atoms with Crippen LogP contribution in [0.3, 0.4) is 0 Å². The lowest BCUT2D eigenvalue weighted by atomic mass is 9.96. The molecule has 0 amide bonds. The van der Waals surface area contributed by atoms with Crippen molar-refractivity contribution in [3.8, 4) is 0 Å². The quantitative estimate of drug-likeness (QED) is 0.0613. The Morgan fingerprint density at radius 1 is 0.229 bits per heavy atom. The lowest BCUT2D eigenvalue weighted by molar-refractivity contribution is 0.525. The molecule has 0 unspecified atom stereocenters. The van der Waals surface area contributed by atoms with Gasteiger partial charge in [0.1, 0.15) is 0 Å². The van der Waals surface area contributed by atoms with E-state index in [0.717, 1.165) is 0 Å². The minimum atomic E-state index is 1.18. The standard InChI is InChI=1S/C48H90/c1-4-7-9-11-13-15-17-19-21-23-25-27-29-31-33-35-37-39-41-47-43-46(6-3)44-48(45-47)42-40-38-36-34-32-30-28-26-24-22-20-18-16-14-12-10-8-5-2/h43-45H,4-42H2,1-3H3. The molecule has 0 atom stereocenters. The third-order valence-electron chi connectivity index (χ3n) is 11.2. The summed E-state index contributed by atoms with van der Waals surface area (Å²) in [5.74, 6) is 0. The molecular weight excluding hydrogens is 577 g/mol. The Morgan fingerprint density at radius 3 is 0.625 bits per heavy atom. The molecule has 0 saturated carbocycles. The van der Waals surface area contributed by atoms with Crippen LogP contribution in [0.25, 0.3) is 0 Å². The van der Waals surface area contributed by atoms with Crippen molar-refractivity contribution >= 4 is 0 Å². The average Bonchev–Trinajstić information content (AvgIpc) is 3.10. The van der Waals surface area contributed by atoms with Gasteiger partial charge in [-0.3, -0.25) is 0 Å². The zero-order valence-corrected chi connectivity index (χ0v) is 33.8. The van der Waals surface area contributed by atoms with Crippen LogP contribution in [-0.4, -0.2) is 0 Å². The van der Waals surface area contributed by atoms with Crippen LogP contribution in [-0.2, 0) is 19.3 Å². The van der Waals surface area contributed by atoms with Gasteiger partial charge in [0.2, 0.25) is 0 Å². The van der Waals surface area contributed by atoms with Crippen LogP contribution in [0.2, 0.25) is 0 Å². The molecule has 1 aromatic rings. The van der Waals surface area contributed by atoms with Gasteiger partial charge in [0, 0.05) is 0 Å². The summed E-state index contributed by atoms with van der Waals surface area (Å²) < 4.78 is 0. The Balaban J connectivity index is 1.93. The van der Waals surface area contributed by atoms with E-state index < -0.39 is 0 Å². The highest BCUT2D eigenvalue weighted by Crippen LogP contribution is 2.19. The van der Waals surface area contributed by atoms with E-state index in [4.69, 9.17) is 0 Å². The Kier molecular flexibility index (Phi) is 35.3. The first kappa shape index (κ1) is 45.2. The average molecular weight is 667 g/mol. The maximum Gasteiger partial charge on any atom is -0.0279 e. The summed E-state index contributed by atoms with van der Waals surface area (Å²) in [7, 11) is 0. The fourth-order valence-corrected chi connectivity index (χ4v) is 7.79. The Hall–Kier alpha value is -0.780. The maximum absolute atomic E-state index is 2.56. The second-order valence-electron chi connectivity index (χ2n) is 16.0. The molecule has 0 heteroatoms. The molecule has 282 valence electrons. The van der Waals surface area contributed by atoms with Gasteiger partial charge in [-0.1, -0.05) is 257 Å². The number of hydrogen-bond acceptors (Lipinski definition) is 0. The summed E-state index contributed by atoms with van der Waals surface area (Å²) in [5, 5.41) is 0. The van der Waals surface area contributed by atoms with Crippen LogP contribution in [0.1, 0.15) is 269 Å². The fourth-order valence-electron chi connectivity index (χ4n) is 7.79. The predicted molar refractivity (Wildman–Crippen MR) is 221 cm³/mol. The Morgan fingerprint density at radius 2 is 0.417 bits per heavy atom. The van der Waals surface area contributed by atoms with Gasteiger partial charge in [-0.2, -0.15) is 0 Å². The minimum Gasteiger partial charge on any atom is -0.0654 e. The van der Waals surface area contributed by atoms with Crippen molar-refractivity contribution < 1.29 is 0 Å².